The topological polar surface area (TPSA) is 92.7 Å². The van der Waals surface area contributed by atoms with E-state index in [-0.39, 0.29) is 17.9 Å². The number of nitrogens with one attached hydrogen (secondary N) is 1. The summed E-state index contributed by atoms with van der Waals surface area (Å²) >= 11 is 0. The SMILES string of the molecule is CC(C)C(=O)N1CCOC(CNc2nc(-c3ccc(N4CCOCC4)cc3)cc3nccnc23)C1. The zero-order chi connectivity index (χ0) is 24.2. The number of pyridine rings is 1. The van der Waals surface area contributed by atoms with E-state index in [1.807, 2.05) is 24.8 Å². The van der Waals surface area contributed by atoms with Crippen LogP contribution in [0.5, 0.6) is 0 Å². The lowest BCUT2D eigenvalue weighted by Crippen LogP contribution is -2.49. The van der Waals surface area contributed by atoms with Gasteiger partial charge in [0.25, 0.3) is 0 Å². The van der Waals surface area contributed by atoms with Crippen molar-refractivity contribution in [2.24, 2.45) is 5.92 Å². The maximum absolute atomic E-state index is 12.4. The van der Waals surface area contributed by atoms with Crippen molar-refractivity contribution in [3.63, 3.8) is 0 Å². The van der Waals surface area contributed by atoms with Crippen molar-refractivity contribution < 1.29 is 14.3 Å². The van der Waals surface area contributed by atoms with Crippen LogP contribution in [0.2, 0.25) is 0 Å². The van der Waals surface area contributed by atoms with E-state index < -0.39 is 0 Å². The number of hydrogen-bond acceptors (Lipinski definition) is 8. The fourth-order valence-electron chi connectivity index (χ4n) is 4.53. The summed E-state index contributed by atoms with van der Waals surface area (Å²) in [7, 11) is 0. The van der Waals surface area contributed by atoms with Crippen LogP contribution in [0.15, 0.2) is 42.7 Å². The number of aromatic nitrogens is 3. The van der Waals surface area contributed by atoms with Crippen molar-refractivity contribution in [1.82, 2.24) is 19.9 Å². The summed E-state index contributed by atoms with van der Waals surface area (Å²) in [5.41, 5.74) is 4.52. The summed E-state index contributed by atoms with van der Waals surface area (Å²) < 4.78 is 11.4. The van der Waals surface area contributed by atoms with Crippen LogP contribution < -0.4 is 10.2 Å². The number of carbonyl (C=O) groups is 1. The molecule has 0 radical (unpaired) electrons. The van der Waals surface area contributed by atoms with Crippen molar-refractivity contribution in [1.29, 1.82) is 0 Å². The van der Waals surface area contributed by atoms with Crippen LogP contribution in [0, 0.1) is 5.92 Å². The molecule has 1 atom stereocenters. The average molecular weight is 477 g/mol. The number of nitrogens with zero attached hydrogens (tertiary/aromatic N) is 5. The number of amides is 1. The van der Waals surface area contributed by atoms with Gasteiger partial charge in [-0.15, -0.1) is 0 Å². The van der Waals surface area contributed by atoms with Crippen LogP contribution >= 0.6 is 0 Å². The number of hydrogen-bond donors (Lipinski definition) is 1. The highest BCUT2D eigenvalue weighted by molar-refractivity contribution is 5.88. The first-order chi connectivity index (χ1) is 17.1. The lowest BCUT2D eigenvalue weighted by molar-refractivity contribution is -0.141. The fraction of sp³-hybridized carbons (Fsp3) is 0.462. The summed E-state index contributed by atoms with van der Waals surface area (Å²) in [6.07, 6.45) is 3.25. The first-order valence-corrected chi connectivity index (χ1v) is 12.3. The smallest absolute Gasteiger partial charge is 0.225 e. The third-order valence-electron chi connectivity index (χ3n) is 6.44. The zero-order valence-electron chi connectivity index (χ0n) is 20.3. The molecule has 35 heavy (non-hydrogen) atoms. The molecule has 184 valence electrons. The predicted molar refractivity (Wildman–Crippen MR) is 135 cm³/mol. The van der Waals surface area contributed by atoms with Crippen LogP contribution in [0.25, 0.3) is 22.3 Å². The van der Waals surface area contributed by atoms with Crippen molar-refractivity contribution in [3.05, 3.63) is 42.7 Å². The second-order valence-electron chi connectivity index (χ2n) is 9.24. The van der Waals surface area contributed by atoms with Gasteiger partial charge in [0.15, 0.2) is 5.82 Å². The molecule has 2 fully saturated rings. The van der Waals surface area contributed by atoms with E-state index >= 15 is 0 Å². The number of ether oxygens (including phenoxy) is 2. The standard InChI is InChI=1S/C26H32N6O3/c1-18(2)26(33)32-11-14-35-21(17-32)16-29-25-24-23(27-7-8-28-24)15-22(30-25)19-3-5-20(6-4-19)31-9-12-34-13-10-31/h3-8,15,18,21H,9-14,16-17H2,1-2H3,(H,29,30). The minimum Gasteiger partial charge on any atom is -0.378 e. The average Bonchev–Trinajstić information content (AvgIpc) is 2.92. The highest BCUT2D eigenvalue weighted by Crippen LogP contribution is 2.27. The summed E-state index contributed by atoms with van der Waals surface area (Å²) in [6, 6.07) is 10.4. The Morgan fingerprint density at radius 3 is 2.63 bits per heavy atom. The van der Waals surface area contributed by atoms with Crippen molar-refractivity contribution >= 4 is 28.4 Å². The van der Waals surface area contributed by atoms with Gasteiger partial charge in [-0.2, -0.15) is 0 Å². The van der Waals surface area contributed by atoms with Gasteiger partial charge < -0.3 is 24.6 Å². The Morgan fingerprint density at radius 1 is 1.09 bits per heavy atom. The molecule has 0 saturated carbocycles. The predicted octanol–water partition coefficient (Wildman–Crippen LogP) is 2.82. The fourth-order valence-corrected chi connectivity index (χ4v) is 4.53. The van der Waals surface area contributed by atoms with Crippen molar-refractivity contribution in [2.75, 3.05) is 62.8 Å². The van der Waals surface area contributed by atoms with Gasteiger partial charge in [0, 0.05) is 62.3 Å². The molecule has 3 aromatic rings. The minimum atomic E-state index is -0.114. The van der Waals surface area contributed by atoms with E-state index in [0.717, 1.165) is 43.1 Å². The van der Waals surface area contributed by atoms with Gasteiger partial charge in [0.1, 0.15) is 5.52 Å². The second-order valence-corrected chi connectivity index (χ2v) is 9.24. The van der Waals surface area contributed by atoms with Crippen LogP contribution in [-0.2, 0) is 14.3 Å². The molecule has 1 N–H and O–H groups in total. The maximum Gasteiger partial charge on any atom is 0.225 e. The molecule has 1 amide bonds. The normalized spacial score (nSPS) is 18.8. The van der Waals surface area contributed by atoms with Crippen LogP contribution in [-0.4, -0.2) is 84.4 Å². The largest absolute Gasteiger partial charge is 0.378 e. The number of benzene rings is 1. The Morgan fingerprint density at radius 2 is 1.86 bits per heavy atom. The van der Waals surface area contributed by atoms with E-state index in [1.54, 1.807) is 12.4 Å². The van der Waals surface area contributed by atoms with Crippen molar-refractivity contribution in [2.45, 2.75) is 20.0 Å². The third kappa shape index (κ3) is 5.36. The first kappa shape index (κ1) is 23.4. The number of fused-ring (bicyclic) bond motifs is 1. The number of anilines is 2. The molecule has 0 spiro atoms. The molecule has 9 heteroatoms. The molecular weight excluding hydrogens is 444 g/mol. The molecule has 2 aromatic heterocycles. The third-order valence-corrected chi connectivity index (χ3v) is 6.44. The number of rotatable bonds is 6. The van der Waals surface area contributed by atoms with Gasteiger partial charge in [-0.05, 0) is 18.2 Å². The second kappa shape index (κ2) is 10.5. The lowest BCUT2D eigenvalue weighted by atomic mass is 10.1. The van der Waals surface area contributed by atoms with E-state index in [9.17, 15) is 4.79 Å². The minimum absolute atomic E-state index is 0.0195. The van der Waals surface area contributed by atoms with Crippen LogP contribution in [0.4, 0.5) is 11.5 Å². The highest BCUT2D eigenvalue weighted by atomic mass is 16.5. The number of carbonyl (C=O) groups excluding carboxylic acids is 1. The Bertz CT molecular complexity index is 1160. The molecule has 2 aliphatic rings. The van der Waals surface area contributed by atoms with Gasteiger partial charge in [0.2, 0.25) is 5.91 Å². The summed E-state index contributed by atoms with van der Waals surface area (Å²) in [4.78, 5) is 30.6. The molecule has 4 heterocycles. The van der Waals surface area contributed by atoms with Gasteiger partial charge >= 0.3 is 0 Å². The van der Waals surface area contributed by atoms with E-state index in [2.05, 4.69) is 44.5 Å². The van der Waals surface area contributed by atoms with Crippen LogP contribution in [0.3, 0.4) is 0 Å². The van der Waals surface area contributed by atoms with E-state index in [0.29, 0.717) is 37.6 Å². The molecule has 9 nitrogen and oxygen atoms in total. The monoisotopic (exact) mass is 476 g/mol. The molecule has 0 aliphatic carbocycles. The Balaban J connectivity index is 1.35. The van der Waals surface area contributed by atoms with Gasteiger partial charge in [-0.1, -0.05) is 26.0 Å². The molecule has 2 aliphatic heterocycles. The molecule has 2 saturated heterocycles. The molecule has 5 rings (SSSR count). The number of morpholine rings is 2. The zero-order valence-corrected chi connectivity index (χ0v) is 20.3. The molecule has 1 unspecified atom stereocenters. The first-order valence-electron chi connectivity index (χ1n) is 12.3. The maximum atomic E-state index is 12.4. The summed E-state index contributed by atoms with van der Waals surface area (Å²) in [6.45, 7) is 9.45. The molecule has 1 aromatic carbocycles. The van der Waals surface area contributed by atoms with E-state index in [4.69, 9.17) is 14.5 Å². The van der Waals surface area contributed by atoms with Gasteiger partial charge in [-0.25, -0.2) is 9.97 Å². The summed E-state index contributed by atoms with van der Waals surface area (Å²) in [5.74, 6) is 0.808. The Kier molecular flexibility index (Phi) is 7.06. The van der Waals surface area contributed by atoms with Gasteiger partial charge in [0.05, 0.1) is 37.1 Å². The van der Waals surface area contributed by atoms with Crippen molar-refractivity contribution in [3.8, 4) is 11.3 Å². The Hall–Kier alpha value is -3.30. The van der Waals surface area contributed by atoms with Gasteiger partial charge in [-0.3, -0.25) is 9.78 Å². The molecule has 0 bridgehead atoms. The lowest BCUT2D eigenvalue weighted by Gasteiger charge is -2.34. The highest BCUT2D eigenvalue weighted by Gasteiger charge is 2.26. The van der Waals surface area contributed by atoms with Crippen LogP contribution in [0.1, 0.15) is 13.8 Å². The summed E-state index contributed by atoms with van der Waals surface area (Å²) in [5, 5.41) is 3.42. The van der Waals surface area contributed by atoms with E-state index in [1.165, 1.54) is 5.69 Å². The Labute approximate surface area is 205 Å². The molecular formula is C26H32N6O3. The quantitative estimate of drug-likeness (QED) is 0.581.